The molecule has 2 aromatic rings. The predicted molar refractivity (Wildman–Crippen MR) is 294 cm³/mol. The number of hydrogen-bond acceptors (Lipinski definition) is 20. The van der Waals surface area contributed by atoms with Crippen molar-refractivity contribution >= 4 is 65.4 Å². The van der Waals surface area contributed by atoms with E-state index in [0.29, 0.717) is 55.0 Å². The SMILES string of the molecule is C=C(O)C(CC(=O)O)N1CCN(CC(=O)O)Cc2cc(C(=O)NCCCN3C(=O)CC(C)C3=O)cc(n2)CN(CC(=O)O)CC1.CC1CC(=O)N(CCCCC2CN(CC(=O)O)CCN(CC(=O)O)Cc3cccc(n3)CN2CC(=O)O)C1=O. The first kappa shape index (κ1) is 67.0. The average Bonchev–Trinajstić information content (AvgIpc) is 3.65. The molecule has 2 saturated heterocycles. The van der Waals surface area contributed by atoms with E-state index in [4.69, 9.17) is 0 Å². The lowest BCUT2D eigenvalue weighted by Gasteiger charge is -2.36. The van der Waals surface area contributed by atoms with Gasteiger partial charge in [-0.05, 0) is 43.5 Å². The Hall–Kier alpha value is -7.83. The fourth-order valence-corrected chi connectivity index (χ4v) is 10.6. The summed E-state index contributed by atoms with van der Waals surface area (Å²) in [4.78, 5) is 153. The van der Waals surface area contributed by atoms with E-state index in [1.807, 2.05) is 0 Å². The number of likely N-dealkylation sites (tertiary alicyclic amines) is 2. The summed E-state index contributed by atoms with van der Waals surface area (Å²) in [5, 5.41) is 70.0. The first-order valence-corrected chi connectivity index (χ1v) is 27.7. The fraction of sp³-hybridized carbons (Fsp3) is 0.582. The third-order valence-electron chi connectivity index (χ3n) is 14.6. The van der Waals surface area contributed by atoms with Crippen molar-refractivity contribution in [3.63, 3.8) is 0 Å². The molecular formula is C55H77N11O18. The minimum atomic E-state index is -1.18. The van der Waals surface area contributed by atoms with Crippen LogP contribution in [0.2, 0.25) is 0 Å². The Bertz CT molecular complexity index is 2700. The molecule has 0 radical (unpaired) electrons. The van der Waals surface area contributed by atoms with Crippen molar-refractivity contribution in [2.45, 2.75) is 97.1 Å². The smallest absolute Gasteiger partial charge is 0.317 e. The predicted octanol–water partition coefficient (Wildman–Crippen LogP) is -0.211. The molecule has 5 amide bonds. The van der Waals surface area contributed by atoms with Gasteiger partial charge in [0.25, 0.3) is 5.91 Å². The van der Waals surface area contributed by atoms with Crippen molar-refractivity contribution in [3.05, 3.63) is 71.0 Å². The van der Waals surface area contributed by atoms with Gasteiger partial charge in [-0.15, -0.1) is 0 Å². The number of aliphatic hydroxyl groups excluding tert-OH is 1. The normalized spacial score (nSPS) is 20.6. The highest BCUT2D eigenvalue weighted by Gasteiger charge is 2.37. The number of nitrogens with one attached hydrogen (secondary N) is 1. The van der Waals surface area contributed by atoms with Gasteiger partial charge in [0.05, 0.1) is 68.0 Å². The Balaban J connectivity index is 0.000000310. The summed E-state index contributed by atoms with van der Waals surface area (Å²) in [6.45, 7) is 7.80. The van der Waals surface area contributed by atoms with Crippen molar-refractivity contribution < 1.29 is 88.5 Å². The minimum absolute atomic E-state index is 0.00816. The molecule has 4 bridgehead atoms. The molecule has 0 aliphatic carbocycles. The highest BCUT2D eigenvalue weighted by atomic mass is 16.4. The van der Waals surface area contributed by atoms with Crippen molar-refractivity contribution in [1.29, 1.82) is 0 Å². The maximum absolute atomic E-state index is 13.1. The van der Waals surface area contributed by atoms with Gasteiger partial charge < -0.3 is 41.1 Å². The number of unbranched alkanes of at least 4 members (excludes halogenated alkanes) is 1. The van der Waals surface area contributed by atoms with Crippen LogP contribution in [-0.2, 0) is 74.1 Å². The molecule has 29 heteroatoms. The first-order chi connectivity index (χ1) is 39.7. The van der Waals surface area contributed by atoms with Crippen molar-refractivity contribution in [2.24, 2.45) is 11.8 Å². The second-order valence-corrected chi connectivity index (χ2v) is 21.6. The topological polar surface area (TPSA) is 393 Å². The molecule has 0 saturated carbocycles. The van der Waals surface area contributed by atoms with Crippen molar-refractivity contribution in [3.8, 4) is 0 Å². The number of fused-ring (bicyclic) bond motifs is 4. The number of carbonyl (C=O) groups is 11. The van der Waals surface area contributed by atoms with Crippen LogP contribution < -0.4 is 5.32 Å². The number of hydrogen-bond donors (Lipinski definition) is 8. The number of rotatable bonds is 24. The molecular weight excluding hydrogens is 1100 g/mol. The van der Waals surface area contributed by atoms with E-state index in [1.54, 1.807) is 61.4 Å². The van der Waals surface area contributed by atoms with Crippen molar-refractivity contribution in [2.75, 3.05) is 98.2 Å². The Morgan fingerprint density at radius 3 is 1.48 bits per heavy atom. The molecule has 2 fully saturated rings. The second kappa shape index (κ2) is 32.3. The third kappa shape index (κ3) is 21.7. The number of carboxylic acid groups (broad SMARTS) is 6. The summed E-state index contributed by atoms with van der Waals surface area (Å²) < 4.78 is 0. The van der Waals surface area contributed by atoms with E-state index < -0.39 is 54.2 Å². The molecule has 0 spiro atoms. The van der Waals surface area contributed by atoms with Gasteiger partial charge in [0.2, 0.25) is 23.6 Å². The zero-order valence-corrected chi connectivity index (χ0v) is 47.4. The molecule has 6 heterocycles. The number of aliphatic hydroxyl groups is 1. The quantitative estimate of drug-likeness (QED) is 0.0383. The van der Waals surface area contributed by atoms with E-state index in [0.717, 1.165) is 0 Å². The van der Waals surface area contributed by atoms with E-state index in [1.165, 1.54) is 21.9 Å². The van der Waals surface area contributed by atoms with Gasteiger partial charge in [-0.3, -0.25) is 102 Å². The standard InChI is InChI=1S/C29H40N6O10.C26H37N5O8/c1-18-10-24(37)35(29(18)45)5-3-4-30-28(44)20-11-21-14-32(16-26(40)41)6-8-34(23(19(2)36)13-25(38)39)9-7-33(17-27(42)43)15-22(12-20)31-21;1-18-11-22(32)31(26(18)39)8-3-2-7-21-14-29(16-24(35)36)10-9-28(15-23(33)34)12-19-5-4-6-20(27-19)13-30(21)17-25(37)38/h11-12,18,23,36H,2-10,13-17H2,1H3,(H,30,44)(H,38,39)(H,40,41)(H,42,43);4-6,18,21H,2-3,7-17H2,1H3,(H,33,34)(H,35,36)(H,37,38). The van der Waals surface area contributed by atoms with Gasteiger partial charge >= 0.3 is 35.8 Å². The molecule has 4 aliphatic heterocycles. The van der Waals surface area contributed by atoms with Crippen LogP contribution in [0.1, 0.15) is 91.9 Å². The van der Waals surface area contributed by atoms with Crippen LogP contribution in [-0.4, -0.2) is 261 Å². The summed E-state index contributed by atoms with van der Waals surface area (Å²) in [7, 11) is 0. The zero-order valence-electron chi connectivity index (χ0n) is 47.4. The second-order valence-electron chi connectivity index (χ2n) is 21.6. The van der Waals surface area contributed by atoms with E-state index in [9.17, 15) is 88.5 Å². The van der Waals surface area contributed by atoms with Gasteiger partial charge in [0.1, 0.15) is 5.76 Å². The van der Waals surface area contributed by atoms with Crippen LogP contribution in [0.5, 0.6) is 0 Å². The maximum atomic E-state index is 13.1. The molecule has 84 heavy (non-hydrogen) atoms. The molecule has 2 aromatic heterocycles. The number of aromatic nitrogens is 2. The monoisotopic (exact) mass is 1180 g/mol. The summed E-state index contributed by atoms with van der Waals surface area (Å²) in [5.41, 5.74) is 2.20. The zero-order chi connectivity index (χ0) is 61.8. The average molecular weight is 1180 g/mol. The van der Waals surface area contributed by atoms with E-state index in [-0.39, 0.29) is 183 Å². The van der Waals surface area contributed by atoms with Gasteiger partial charge in [-0.25, -0.2) is 0 Å². The molecule has 6 rings (SSSR count). The van der Waals surface area contributed by atoms with Crippen LogP contribution in [0.4, 0.5) is 0 Å². The van der Waals surface area contributed by atoms with E-state index in [2.05, 4.69) is 21.9 Å². The van der Waals surface area contributed by atoms with Gasteiger partial charge in [-0.1, -0.05) is 32.9 Å². The Morgan fingerprint density at radius 1 is 0.571 bits per heavy atom. The van der Waals surface area contributed by atoms with Crippen LogP contribution in [0.25, 0.3) is 0 Å². The largest absolute Gasteiger partial charge is 0.511 e. The van der Waals surface area contributed by atoms with E-state index >= 15 is 0 Å². The molecule has 4 atom stereocenters. The maximum Gasteiger partial charge on any atom is 0.317 e. The van der Waals surface area contributed by atoms with Gasteiger partial charge in [-0.2, -0.15) is 0 Å². The lowest BCUT2D eigenvalue weighted by atomic mass is 10.1. The lowest BCUT2D eigenvalue weighted by molar-refractivity contribution is -0.141. The number of carboxylic acids is 6. The van der Waals surface area contributed by atoms with Crippen LogP contribution in [0.3, 0.4) is 0 Å². The summed E-state index contributed by atoms with van der Waals surface area (Å²) in [6, 6.07) is 7.04. The minimum Gasteiger partial charge on any atom is -0.511 e. The Kier molecular flexibility index (Phi) is 25.7. The lowest BCUT2D eigenvalue weighted by Crippen LogP contribution is -2.49. The number of nitrogens with zero attached hydrogens (tertiary/aromatic N) is 10. The Labute approximate surface area is 485 Å². The molecule has 0 aromatic carbocycles. The van der Waals surface area contributed by atoms with Gasteiger partial charge in [0, 0.05) is 128 Å². The Morgan fingerprint density at radius 2 is 1.01 bits per heavy atom. The number of amides is 5. The molecule has 29 nitrogen and oxygen atoms in total. The fourth-order valence-electron chi connectivity index (χ4n) is 10.6. The van der Waals surface area contributed by atoms with Gasteiger partial charge in [0.15, 0.2) is 0 Å². The van der Waals surface area contributed by atoms with Crippen LogP contribution in [0, 0.1) is 11.8 Å². The number of pyridine rings is 2. The van der Waals surface area contributed by atoms with Crippen LogP contribution >= 0.6 is 0 Å². The highest BCUT2D eigenvalue weighted by molar-refractivity contribution is 6.04. The molecule has 460 valence electrons. The molecule has 8 N–H and O–H groups in total. The van der Waals surface area contributed by atoms with Crippen LogP contribution in [0.15, 0.2) is 42.7 Å². The van der Waals surface area contributed by atoms with Crippen molar-refractivity contribution in [1.82, 2.24) is 54.5 Å². The summed E-state index contributed by atoms with van der Waals surface area (Å²) >= 11 is 0. The molecule has 4 aliphatic rings. The number of carbonyl (C=O) groups excluding carboxylic acids is 5. The third-order valence-corrected chi connectivity index (χ3v) is 14.6. The first-order valence-electron chi connectivity index (χ1n) is 27.7. The number of imide groups is 2. The molecule has 4 unspecified atom stereocenters. The number of aliphatic carboxylic acids is 6. The highest BCUT2D eigenvalue weighted by Crippen LogP contribution is 2.23. The summed E-state index contributed by atoms with van der Waals surface area (Å²) in [6.07, 6.45) is 1.90. The summed E-state index contributed by atoms with van der Waals surface area (Å²) in [5.74, 6) is -8.83.